The normalized spacial score (nSPS) is 13.2. The van der Waals surface area contributed by atoms with Gasteiger partial charge in [0.05, 0.1) is 0 Å². The maximum absolute atomic E-state index is 10.9. The summed E-state index contributed by atoms with van der Waals surface area (Å²) in [7, 11) is 0. The molecule has 0 saturated carbocycles. The Balaban J connectivity index is 3.95. The SMILES string of the molecule is CC(=O)SCCCCCCCC[C@H](CCO)[C@@H](CCO)CCCCCCCCSC(C)=O. The molecule has 0 bridgehead atoms. The summed E-state index contributed by atoms with van der Waals surface area (Å²) in [6, 6.07) is 0. The molecular weight excluding hydrogens is 440 g/mol. The monoisotopic (exact) mass is 490 g/mol. The molecule has 4 nitrogen and oxygen atoms in total. The predicted octanol–water partition coefficient (Wildman–Crippen LogP) is 7.00. The smallest absolute Gasteiger partial charge is 0.185 e. The number of carbonyl (C=O) groups excluding carboxylic acids is 2. The Morgan fingerprint density at radius 3 is 1.16 bits per heavy atom. The average Bonchev–Trinajstić information content (AvgIpc) is 2.75. The van der Waals surface area contributed by atoms with Crippen LogP contribution in [-0.2, 0) is 9.59 Å². The molecule has 0 heterocycles. The third-order valence-corrected chi connectivity index (χ3v) is 8.01. The van der Waals surface area contributed by atoms with Crippen molar-refractivity contribution in [1.82, 2.24) is 0 Å². The lowest BCUT2D eigenvalue weighted by atomic mass is 9.80. The molecule has 0 aliphatic rings. The molecule has 6 heteroatoms. The van der Waals surface area contributed by atoms with Crippen molar-refractivity contribution in [1.29, 1.82) is 0 Å². The van der Waals surface area contributed by atoms with E-state index in [1.54, 1.807) is 13.8 Å². The van der Waals surface area contributed by atoms with Crippen LogP contribution in [0.15, 0.2) is 0 Å². The van der Waals surface area contributed by atoms with Gasteiger partial charge >= 0.3 is 0 Å². The van der Waals surface area contributed by atoms with Gasteiger partial charge in [0.25, 0.3) is 0 Å². The maximum atomic E-state index is 10.9. The van der Waals surface area contributed by atoms with Gasteiger partial charge in [-0.3, -0.25) is 9.59 Å². The highest BCUT2D eigenvalue weighted by molar-refractivity contribution is 8.13. The second-order valence-corrected chi connectivity index (χ2v) is 11.6. The fourth-order valence-corrected chi connectivity index (χ4v) is 5.70. The topological polar surface area (TPSA) is 74.6 Å². The molecule has 0 amide bonds. The lowest BCUT2D eigenvalue weighted by Gasteiger charge is -2.26. The van der Waals surface area contributed by atoms with E-state index in [0.29, 0.717) is 11.8 Å². The van der Waals surface area contributed by atoms with Gasteiger partial charge in [-0.25, -0.2) is 0 Å². The minimum absolute atomic E-state index is 0.220. The van der Waals surface area contributed by atoms with Crippen LogP contribution in [-0.4, -0.2) is 45.2 Å². The van der Waals surface area contributed by atoms with Crippen LogP contribution in [0.25, 0.3) is 0 Å². The molecule has 190 valence electrons. The van der Waals surface area contributed by atoms with E-state index in [1.165, 1.54) is 101 Å². The fraction of sp³-hybridized carbons (Fsp3) is 0.923. The second-order valence-electron chi connectivity index (χ2n) is 9.04. The van der Waals surface area contributed by atoms with Crippen molar-refractivity contribution in [2.45, 2.75) is 117 Å². The van der Waals surface area contributed by atoms with Crippen LogP contribution in [0, 0.1) is 11.8 Å². The first kappa shape index (κ1) is 32.0. The standard InChI is InChI=1S/C26H50O4S2/c1-23(29)31-21-13-9-5-3-7-11-15-25(17-19-27)26(18-20-28)16-12-8-4-6-10-14-22-32-24(2)30/h25-28H,3-22H2,1-2H3/t25-,26-/m1/s1. The van der Waals surface area contributed by atoms with Crippen LogP contribution < -0.4 is 0 Å². The molecule has 0 fully saturated rings. The van der Waals surface area contributed by atoms with Gasteiger partial charge in [-0.2, -0.15) is 0 Å². The summed E-state index contributed by atoms with van der Waals surface area (Å²) in [6.07, 6.45) is 18.7. The molecule has 0 rings (SSSR count). The van der Waals surface area contributed by atoms with Crippen molar-refractivity contribution in [3.8, 4) is 0 Å². The number of carbonyl (C=O) groups is 2. The fourth-order valence-electron chi connectivity index (χ4n) is 4.43. The first-order valence-corrected chi connectivity index (χ1v) is 15.0. The molecule has 0 unspecified atom stereocenters. The summed E-state index contributed by atoms with van der Waals surface area (Å²) < 4.78 is 0. The number of unbranched alkanes of at least 4 members (excludes halogenated alkanes) is 10. The molecule has 0 spiro atoms. The number of aliphatic hydroxyl groups excluding tert-OH is 2. The van der Waals surface area contributed by atoms with Gasteiger partial charge in [0.1, 0.15) is 0 Å². The summed E-state index contributed by atoms with van der Waals surface area (Å²) in [6.45, 7) is 3.77. The van der Waals surface area contributed by atoms with E-state index in [-0.39, 0.29) is 23.4 Å². The highest BCUT2D eigenvalue weighted by Crippen LogP contribution is 2.30. The first-order chi connectivity index (χ1) is 15.5. The molecular formula is C26H50O4S2. The molecule has 0 aromatic rings. The number of aliphatic hydroxyl groups is 2. The van der Waals surface area contributed by atoms with Crippen molar-refractivity contribution in [3.05, 3.63) is 0 Å². The zero-order valence-electron chi connectivity index (χ0n) is 20.8. The van der Waals surface area contributed by atoms with Crippen molar-refractivity contribution in [2.75, 3.05) is 24.7 Å². The summed E-state index contributed by atoms with van der Waals surface area (Å²) in [5.74, 6) is 2.97. The Kier molecular flexibility index (Phi) is 24.1. The molecule has 2 atom stereocenters. The van der Waals surface area contributed by atoms with E-state index in [1.807, 2.05) is 0 Å². The summed E-state index contributed by atoms with van der Waals surface area (Å²) in [4.78, 5) is 21.8. The molecule has 0 radical (unpaired) electrons. The Bertz CT molecular complexity index is 406. The third kappa shape index (κ3) is 21.8. The van der Waals surface area contributed by atoms with Gasteiger partial charge in [-0.15, -0.1) is 0 Å². The van der Waals surface area contributed by atoms with Crippen LogP contribution >= 0.6 is 23.5 Å². The van der Waals surface area contributed by atoms with Crippen LogP contribution in [0.2, 0.25) is 0 Å². The minimum Gasteiger partial charge on any atom is -0.396 e. The molecule has 0 aliphatic carbocycles. The first-order valence-electron chi connectivity index (χ1n) is 13.0. The van der Waals surface area contributed by atoms with Crippen LogP contribution in [0.5, 0.6) is 0 Å². The highest BCUT2D eigenvalue weighted by Gasteiger charge is 2.20. The van der Waals surface area contributed by atoms with Gasteiger partial charge in [0, 0.05) is 38.6 Å². The van der Waals surface area contributed by atoms with E-state index in [9.17, 15) is 19.8 Å². The highest BCUT2D eigenvalue weighted by atomic mass is 32.2. The summed E-state index contributed by atoms with van der Waals surface area (Å²) >= 11 is 2.87. The lowest BCUT2D eigenvalue weighted by Crippen LogP contribution is -2.18. The lowest BCUT2D eigenvalue weighted by molar-refractivity contribution is -0.109. The molecule has 32 heavy (non-hydrogen) atoms. The second kappa shape index (κ2) is 24.1. The van der Waals surface area contributed by atoms with E-state index < -0.39 is 0 Å². The molecule has 0 saturated heterocycles. The van der Waals surface area contributed by atoms with Crippen molar-refractivity contribution in [3.63, 3.8) is 0 Å². The van der Waals surface area contributed by atoms with Gasteiger partial charge in [0.2, 0.25) is 0 Å². The van der Waals surface area contributed by atoms with Gasteiger partial charge in [-0.1, -0.05) is 101 Å². The van der Waals surface area contributed by atoms with E-state index in [0.717, 1.165) is 37.2 Å². The Hall–Kier alpha value is -0.0400. The van der Waals surface area contributed by atoms with E-state index in [4.69, 9.17) is 0 Å². The largest absolute Gasteiger partial charge is 0.396 e. The number of hydrogen-bond donors (Lipinski definition) is 2. The van der Waals surface area contributed by atoms with Crippen molar-refractivity contribution in [2.24, 2.45) is 11.8 Å². The Morgan fingerprint density at radius 2 is 0.844 bits per heavy atom. The van der Waals surface area contributed by atoms with Crippen LogP contribution in [0.1, 0.15) is 117 Å². The zero-order chi connectivity index (χ0) is 23.9. The number of rotatable bonds is 23. The quantitative estimate of drug-likeness (QED) is 0.150. The molecule has 0 aromatic heterocycles. The van der Waals surface area contributed by atoms with Crippen molar-refractivity contribution >= 4 is 33.8 Å². The van der Waals surface area contributed by atoms with Crippen LogP contribution in [0.4, 0.5) is 0 Å². The van der Waals surface area contributed by atoms with E-state index >= 15 is 0 Å². The third-order valence-electron chi connectivity index (χ3n) is 6.22. The Labute approximate surface area is 206 Å². The Morgan fingerprint density at radius 1 is 0.531 bits per heavy atom. The molecule has 0 aromatic carbocycles. The number of thioether (sulfide) groups is 2. The number of hydrogen-bond acceptors (Lipinski definition) is 6. The van der Waals surface area contributed by atoms with Crippen molar-refractivity contribution < 1.29 is 19.8 Å². The summed E-state index contributed by atoms with van der Waals surface area (Å²) in [5, 5.41) is 19.5. The van der Waals surface area contributed by atoms with E-state index in [2.05, 4.69) is 0 Å². The van der Waals surface area contributed by atoms with Crippen LogP contribution in [0.3, 0.4) is 0 Å². The molecule has 2 N–H and O–H groups in total. The maximum Gasteiger partial charge on any atom is 0.185 e. The average molecular weight is 491 g/mol. The zero-order valence-corrected chi connectivity index (χ0v) is 22.5. The van der Waals surface area contributed by atoms with Gasteiger partial charge in [-0.05, 0) is 37.5 Å². The molecule has 0 aliphatic heterocycles. The predicted molar refractivity (Wildman–Crippen MR) is 141 cm³/mol. The minimum atomic E-state index is 0.220. The summed E-state index contributed by atoms with van der Waals surface area (Å²) in [5.41, 5.74) is 0. The van der Waals surface area contributed by atoms with Gasteiger partial charge in [0.15, 0.2) is 10.2 Å². The van der Waals surface area contributed by atoms with Gasteiger partial charge < -0.3 is 10.2 Å².